The minimum atomic E-state index is -0.743. The first-order chi connectivity index (χ1) is 11.1. The number of carbonyl (C=O) groups excluding carboxylic acids is 2. The molecule has 0 saturated carbocycles. The van der Waals surface area contributed by atoms with Crippen LogP contribution in [0, 0.1) is 11.6 Å². The third-order valence-electron chi connectivity index (χ3n) is 3.48. The van der Waals surface area contributed by atoms with Crippen LogP contribution in [0.15, 0.2) is 42.5 Å². The minimum Gasteiger partial charge on any atom is -0.429 e. The molecule has 0 atom stereocenters. The molecule has 1 aliphatic heterocycles. The van der Waals surface area contributed by atoms with Crippen LogP contribution >= 0.6 is 0 Å². The molecule has 5 nitrogen and oxygen atoms in total. The molecule has 2 aromatic carbocycles. The molecule has 7 heteroatoms. The number of amides is 2. The fraction of sp³-hybridized carbons (Fsp3) is 0.125. The van der Waals surface area contributed by atoms with Gasteiger partial charge in [-0.25, -0.2) is 13.6 Å². The van der Waals surface area contributed by atoms with E-state index >= 15 is 0 Å². The van der Waals surface area contributed by atoms with Crippen LogP contribution in [0.4, 0.5) is 25.0 Å². The quantitative estimate of drug-likeness (QED) is 0.815. The zero-order valence-electron chi connectivity index (χ0n) is 11.9. The molecule has 0 aromatic heterocycles. The van der Waals surface area contributed by atoms with Gasteiger partial charge in [-0.2, -0.15) is 0 Å². The number of rotatable bonds is 4. The Balaban J connectivity index is 1.86. The minimum absolute atomic E-state index is 0.162. The second kappa shape index (κ2) is 6.04. The summed E-state index contributed by atoms with van der Waals surface area (Å²) in [7, 11) is 0. The van der Waals surface area contributed by atoms with Crippen molar-refractivity contribution in [1.29, 1.82) is 0 Å². The molecule has 0 spiro atoms. The van der Waals surface area contributed by atoms with E-state index in [1.807, 2.05) is 0 Å². The maximum absolute atomic E-state index is 13.3. The summed E-state index contributed by atoms with van der Waals surface area (Å²) in [5, 5.41) is 0. The van der Waals surface area contributed by atoms with Crippen molar-refractivity contribution in [2.24, 2.45) is 0 Å². The predicted molar refractivity (Wildman–Crippen MR) is 79.6 cm³/mol. The van der Waals surface area contributed by atoms with Gasteiger partial charge in [0.05, 0.1) is 5.69 Å². The van der Waals surface area contributed by atoms with Gasteiger partial charge < -0.3 is 4.74 Å². The molecule has 1 aliphatic rings. The molecule has 1 fully saturated rings. The maximum Gasteiger partial charge on any atom is 0.329 e. The normalized spacial score (nSPS) is 14.3. The van der Waals surface area contributed by atoms with E-state index < -0.39 is 17.7 Å². The molecule has 2 amide bonds. The van der Waals surface area contributed by atoms with Crippen molar-refractivity contribution in [2.45, 2.75) is 0 Å². The highest BCUT2D eigenvalue weighted by atomic mass is 19.1. The maximum atomic E-state index is 13.3. The van der Waals surface area contributed by atoms with Gasteiger partial charge in [0.15, 0.2) is 0 Å². The van der Waals surface area contributed by atoms with Gasteiger partial charge in [0.25, 0.3) is 6.47 Å². The van der Waals surface area contributed by atoms with E-state index in [4.69, 9.17) is 4.74 Å². The van der Waals surface area contributed by atoms with Crippen LogP contribution in [0.25, 0.3) is 0 Å². The Morgan fingerprint density at radius 2 is 1.61 bits per heavy atom. The summed E-state index contributed by atoms with van der Waals surface area (Å²) in [4.78, 5) is 25.6. The highest BCUT2D eigenvalue weighted by Crippen LogP contribution is 2.28. The van der Waals surface area contributed by atoms with E-state index in [9.17, 15) is 18.4 Å². The topological polar surface area (TPSA) is 49.9 Å². The molecular formula is C16H12F2N2O3. The third kappa shape index (κ3) is 2.98. The number of hydrogen-bond acceptors (Lipinski definition) is 3. The summed E-state index contributed by atoms with van der Waals surface area (Å²) in [6.45, 7) is 0.939. The Bertz CT molecular complexity index is 746. The molecule has 0 unspecified atom stereocenters. The van der Waals surface area contributed by atoms with Crippen LogP contribution in [-0.4, -0.2) is 25.6 Å². The average molecular weight is 318 g/mol. The van der Waals surface area contributed by atoms with Gasteiger partial charge in [-0.3, -0.25) is 14.6 Å². The molecule has 2 aromatic rings. The molecular weight excluding hydrogens is 306 g/mol. The van der Waals surface area contributed by atoms with Crippen molar-refractivity contribution in [2.75, 3.05) is 22.9 Å². The Kier molecular flexibility index (Phi) is 3.92. The number of hydrogen-bond donors (Lipinski definition) is 0. The smallest absolute Gasteiger partial charge is 0.329 e. The monoisotopic (exact) mass is 318 g/mol. The highest BCUT2D eigenvalue weighted by molar-refractivity contribution is 6.06. The fourth-order valence-electron chi connectivity index (χ4n) is 2.49. The zero-order valence-corrected chi connectivity index (χ0v) is 11.9. The average Bonchev–Trinajstić information content (AvgIpc) is 2.88. The van der Waals surface area contributed by atoms with Crippen LogP contribution in [0.2, 0.25) is 0 Å². The molecule has 0 radical (unpaired) electrons. The van der Waals surface area contributed by atoms with E-state index in [2.05, 4.69) is 0 Å². The van der Waals surface area contributed by atoms with Crippen molar-refractivity contribution in [3.05, 3.63) is 54.1 Å². The van der Waals surface area contributed by atoms with Crippen molar-refractivity contribution in [3.63, 3.8) is 0 Å². The van der Waals surface area contributed by atoms with E-state index in [0.29, 0.717) is 31.0 Å². The van der Waals surface area contributed by atoms with Crippen LogP contribution in [0.3, 0.4) is 0 Å². The van der Waals surface area contributed by atoms with Gasteiger partial charge >= 0.3 is 6.03 Å². The van der Waals surface area contributed by atoms with E-state index in [1.165, 1.54) is 9.80 Å². The molecule has 1 saturated heterocycles. The summed E-state index contributed by atoms with van der Waals surface area (Å²) in [5.74, 6) is -1.18. The lowest BCUT2D eigenvalue weighted by molar-refractivity contribution is -0.120. The van der Waals surface area contributed by atoms with Gasteiger partial charge in [-0.05, 0) is 24.3 Å². The first kappa shape index (κ1) is 15.0. The number of carbonyl (C=O) groups is 2. The number of benzene rings is 2. The summed E-state index contributed by atoms with van der Waals surface area (Å²) >= 11 is 0. The Morgan fingerprint density at radius 3 is 2.26 bits per heavy atom. The Labute approximate surface area is 130 Å². The summed E-state index contributed by atoms with van der Waals surface area (Å²) in [5.41, 5.74) is 0.698. The number of nitrogens with zero attached hydrogens (tertiary/aromatic N) is 2. The van der Waals surface area contributed by atoms with Crippen LogP contribution < -0.4 is 14.5 Å². The van der Waals surface area contributed by atoms with Gasteiger partial charge in [0.2, 0.25) is 0 Å². The molecule has 0 N–H and O–H groups in total. The lowest BCUT2D eigenvalue weighted by Gasteiger charge is -2.19. The SMILES string of the molecule is O=COc1cccc(N2CCN(c3cc(F)cc(F)c3)C2=O)c1. The van der Waals surface area contributed by atoms with Crippen molar-refractivity contribution < 1.29 is 23.1 Å². The summed E-state index contributed by atoms with van der Waals surface area (Å²) < 4.78 is 31.4. The molecule has 3 rings (SSSR count). The second-order valence-corrected chi connectivity index (χ2v) is 4.92. The number of ether oxygens (including phenoxy) is 1. The molecule has 1 heterocycles. The lowest BCUT2D eigenvalue weighted by Crippen LogP contribution is -2.31. The van der Waals surface area contributed by atoms with Gasteiger partial charge in [-0.15, -0.1) is 0 Å². The van der Waals surface area contributed by atoms with E-state index in [1.54, 1.807) is 24.3 Å². The Morgan fingerprint density at radius 1 is 0.957 bits per heavy atom. The first-order valence-electron chi connectivity index (χ1n) is 6.84. The zero-order chi connectivity index (χ0) is 16.4. The molecule has 118 valence electrons. The molecule has 23 heavy (non-hydrogen) atoms. The van der Waals surface area contributed by atoms with E-state index in [-0.39, 0.29) is 5.69 Å². The van der Waals surface area contributed by atoms with Crippen LogP contribution in [-0.2, 0) is 4.79 Å². The van der Waals surface area contributed by atoms with Crippen molar-refractivity contribution >= 4 is 23.9 Å². The highest BCUT2D eigenvalue weighted by Gasteiger charge is 2.31. The van der Waals surface area contributed by atoms with Crippen LogP contribution in [0.1, 0.15) is 0 Å². The predicted octanol–water partition coefficient (Wildman–Crippen LogP) is 2.95. The van der Waals surface area contributed by atoms with Crippen molar-refractivity contribution in [3.8, 4) is 5.75 Å². The molecule has 0 bridgehead atoms. The van der Waals surface area contributed by atoms with Crippen LogP contribution in [0.5, 0.6) is 5.75 Å². The number of halogens is 2. The summed E-state index contributed by atoms with van der Waals surface area (Å²) in [6.07, 6.45) is 0. The van der Waals surface area contributed by atoms with Gasteiger partial charge in [0, 0.05) is 30.9 Å². The summed E-state index contributed by atoms with van der Waals surface area (Å²) in [6, 6.07) is 9.02. The first-order valence-corrected chi connectivity index (χ1v) is 6.84. The lowest BCUT2D eigenvalue weighted by atomic mass is 10.2. The fourth-order valence-corrected chi connectivity index (χ4v) is 2.49. The number of anilines is 2. The standard InChI is InChI=1S/C16H12F2N2O3/c17-11-6-12(18)8-14(7-11)20-5-4-19(16(20)22)13-2-1-3-15(9-13)23-10-21/h1-3,6-10H,4-5H2. The second-order valence-electron chi connectivity index (χ2n) is 4.92. The van der Waals surface area contributed by atoms with E-state index in [0.717, 1.165) is 18.2 Å². The molecule has 0 aliphatic carbocycles. The van der Waals surface area contributed by atoms with Crippen molar-refractivity contribution in [1.82, 2.24) is 0 Å². The van der Waals surface area contributed by atoms with Gasteiger partial charge in [0.1, 0.15) is 17.4 Å². The van der Waals surface area contributed by atoms with Gasteiger partial charge in [-0.1, -0.05) is 6.07 Å². The third-order valence-corrected chi connectivity index (χ3v) is 3.48. The Hall–Kier alpha value is -2.96. The number of urea groups is 1. The largest absolute Gasteiger partial charge is 0.429 e.